The summed E-state index contributed by atoms with van der Waals surface area (Å²) in [4.78, 5) is 20.4. The number of aromatic nitrogens is 1. The van der Waals surface area contributed by atoms with Crippen molar-refractivity contribution >= 4 is 22.9 Å². The Morgan fingerprint density at radius 2 is 1.77 bits per heavy atom. The van der Waals surface area contributed by atoms with E-state index in [0.717, 1.165) is 21.1 Å². The maximum Gasteiger partial charge on any atom is 0.253 e. The maximum atomic E-state index is 12.2. The zero-order valence-electron chi connectivity index (χ0n) is 14.0. The van der Waals surface area contributed by atoms with E-state index in [1.807, 2.05) is 64.7 Å². The number of thiazole rings is 1. The molecule has 1 heterocycles. The van der Waals surface area contributed by atoms with Crippen LogP contribution in [0.25, 0.3) is 5.69 Å². The number of amides is 1. The number of anilines is 1. The first kappa shape index (κ1) is 16.5. The average Bonchev–Trinajstić information content (AvgIpc) is 2.78. The molecule has 0 unspecified atom stereocenters. The number of benzene rings is 1. The third-order valence-electron chi connectivity index (χ3n) is 3.25. The third kappa shape index (κ3) is 3.65. The van der Waals surface area contributed by atoms with Crippen LogP contribution in [0.5, 0.6) is 0 Å². The number of hydrogen-bond donors (Lipinski definition) is 0. The molecule has 0 N–H and O–H groups in total. The van der Waals surface area contributed by atoms with E-state index in [1.165, 1.54) is 11.3 Å². The standard InChI is InChI=1S/C17H23N3OS/c1-12-11-20(14-9-7-13(8-10-14)19(5)6)16(22-12)18-15(21)17(2,3)4/h7-11H,1-6H3. The highest BCUT2D eigenvalue weighted by Gasteiger charge is 2.20. The predicted octanol–water partition coefficient (Wildman–Crippen LogP) is 3.39. The lowest BCUT2D eigenvalue weighted by Gasteiger charge is -2.13. The van der Waals surface area contributed by atoms with Gasteiger partial charge in [-0.3, -0.25) is 9.36 Å². The molecular formula is C17H23N3OS. The van der Waals surface area contributed by atoms with Gasteiger partial charge in [-0.05, 0) is 31.2 Å². The molecule has 0 aliphatic heterocycles. The number of carbonyl (C=O) groups is 1. The van der Waals surface area contributed by atoms with Gasteiger partial charge in [0.1, 0.15) is 0 Å². The monoisotopic (exact) mass is 317 g/mol. The lowest BCUT2D eigenvalue weighted by molar-refractivity contribution is -0.125. The molecule has 5 heteroatoms. The fourth-order valence-corrected chi connectivity index (χ4v) is 2.72. The highest BCUT2D eigenvalue weighted by Crippen LogP contribution is 2.17. The van der Waals surface area contributed by atoms with Crippen LogP contribution in [0.1, 0.15) is 25.6 Å². The van der Waals surface area contributed by atoms with E-state index >= 15 is 0 Å². The Labute approximate surface area is 135 Å². The summed E-state index contributed by atoms with van der Waals surface area (Å²) in [6, 6.07) is 8.21. The smallest absolute Gasteiger partial charge is 0.253 e. The molecule has 0 radical (unpaired) electrons. The molecule has 0 bridgehead atoms. The molecule has 0 saturated carbocycles. The van der Waals surface area contributed by atoms with Gasteiger partial charge < -0.3 is 4.90 Å². The zero-order valence-corrected chi connectivity index (χ0v) is 14.9. The quantitative estimate of drug-likeness (QED) is 0.851. The molecule has 0 aliphatic rings. The van der Waals surface area contributed by atoms with Crippen molar-refractivity contribution in [2.45, 2.75) is 27.7 Å². The van der Waals surface area contributed by atoms with Crippen molar-refractivity contribution in [2.24, 2.45) is 10.4 Å². The van der Waals surface area contributed by atoms with Crippen molar-refractivity contribution in [1.29, 1.82) is 0 Å². The molecule has 4 nitrogen and oxygen atoms in total. The number of rotatable bonds is 2. The van der Waals surface area contributed by atoms with Crippen LogP contribution in [0, 0.1) is 12.3 Å². The van der Waals surface area contributed by atoms with Gasteiger partial charge in [-0.15, -0.1) is 11.3 Å². The van der Waals surface area contributed by atoms with Gasteiger partial charge in [0, 0.05) is 42.0 Å². The summed E-state index contributed by atoms with van der Waals surface area (Å²) in [6.07, 6.45) is 2.02. The minimum absolute atomic E-state index is 0.104. The Morgan fingerprint density at radius 1 is 1.18 bits per heavy atom. The van der Waals surface area contributed by atoms with Gasteiger partial charge in [0.2, 0.25) is 0 Å². The van der Waals surface area contributed by atoms with Crippen LogP contribution in [-0.2, 0) is 4.79 Å². The first-order valence-corrected chi connectivity index (χ1v) is 8.06. The second-order valence-corrected chi connectivity index (χ2v) is 7.79. The molecular weight excluding hydrogens is 294 g/mol. The van der Waals surface area contributed by atoms with E-state index < -0.39 is 5.41 Å². The van der Waals surface area contributed by atoms with Crippen molar-refractivity contribution in [1.82, 2.24) is 4.57 Å². The first-order valence-electron chi connectivity index (χ1n) is 7.24. The number of nitrogens with zero attached hydrogens (tertiary/aromatic N) is 3. The minimum atomic E-state index is -0.468. The highest BCUT2D eigenvalue weighted by atomic mass is 32.1. The van der Waals surface area contributed by atoms with E-state index in [9.17, 15) is 4.79 Å². The fraction of sp³-hybridized carbons (Fsp3) is 0.412. The van der Waals surface area contributed by atoms with Crippen LogP contribution in [-0.4, -0.2) is 24.6 Å². The summed E-state index contributed by atoms with van der Waals surface area (Å²) >= 11 is 1.53. The summed E-state index contributed by atoms with van der Waals surface area (Å²) in [7, 11) is 4.03. The molecule has 22 heavy (non-hydrogen) atoms. The normalized spacial score (nSPS) is 12.5. The van der Waals surface area contributed by atoms with Crippen molar-refractivity contribution in [2.75, 3.05) is 19.0 Å². The molecule has 2 aromatic rings. The van der Waals surface area contributed by atoms with Crippen LogP contribution in [0.15, 0.2) is 35.5 Å². The molecule has 1 aromatic carbocycles. The summed E-state index contributed by atoms with van der Waals surface area (Å²) in [5.41, 5.74) is 1.68. The number of aryl methyl sites for hydroxylation is 1. The number of hydrogen-bond acceptors (Lipinski definition) is 3. The molecule has 0 saturated heterocycles. The lowest BCUT2D eigenvalue weighted by Crippen LogP contribution is -2.23. The second kappa shape index (κ2) is 6.08. The zero-order chi connectivity index (χ0) is 16.5. The van der Waals surface area contributed by atoms with E-state index in [1.54, 1.807) is 0 Å². The van der Waals surface area contributed by atoms with E-state index in [0.29, 0.717) is 0 Å². The Morgan fingerprint density at radius 3 is 2.27 bits per heavy atom. The van der Waals surface area contributed by atoms with Crippen molar-refractivity contribution in [3.63, 3.8) is 0 Å². The van der Waals surface area contributed by atoms with Gasteiger partial charge >= 0.3 is 0 Å². The van der Waals surface area contributed by atoms with E-state index in [-0.39, 0.29) is 5.91 Å². The number of carbonyl (C=O) groups excluding carboxylic acids is 1. The largest absolute Gasteiger partial charge is 0.378 e. The molecule has 0 spiro atoms. The van der Waals surface area contributed by atoms with Gasteiger partial charge in [-0.25, -0.2) is 0 Å². The Kier molecular flexibility index (Phi) is 4.56. The van der Waals surface area contributed by atoms with E-state index in [2.05, 4.69) is 22.0 Å². The van der Waals surface area contributed by atoms with Crippen molar-refractivity contribution < 1.29 is 4.79 Å². The highest BCUT2D eigenvalue weighted by molar-refractivity contribution is 7.09. The average molecular weight is 317 g/mol. The SMILES string of the molecule is Cc1cn(-c2ccc(N(C)C)cc2)c(=NC(=O)C(C)(C)C)s1. The van der Waals surface area contributed by atoms with Crippen molar-refractivity contribution in [3.8, 4) is 5.69 Å². The molecule has 0 aliphatic carbocycles. The van der Waals surface area contributed by atoms with Gasteiger partial charge in [0.25, 0.3) is 5.91 Å². The lowest BCUT2D eigenvalue weighted by atomic mass is 9.96. The summed E-state index contributed by atoms with van der Waals surface area (Å²) in [5.74, 6) is -0.104. The van der Waals surface area contributed by atoms with Crippen LogP contribution >= 0.6 is 11.3 Å². The van der Waals surface area contributed by atoms with Gasteiger partial charge in [-0.2, -0.15) is 4.99 Å². The minimum Gasteiger partial charge on any atom is -0.378 e. The maximum absolute atomic E-state index is 12.2. The summed E-state index contributed by atoms with van der Waals surface area (Å²) < 4.78 is 1.98. The van der Waals surface area contributed by atoms with Gasteiger partial charge in [0.15, 0.2) is 4.80 Å². The first-order chi connectivity index (χ1) is 10.2. The Bertz CT molecular complexity index is 730. The third-order valence-corrected chi connectivity index (χ3v) is 4.15. The summed E-state index contributed by atoms with van der Waals surface area (Å²) in [6.45, 7) is 7.68. The molecule has 0 atom stereocenters. The van der Waals surface area contributed by atoms with Crippen LogP contribution in [0.2, 0.25) is 0 Å². The molecule has 118 valence electrons. The Hall–Kier alpha value is -1.88. The van der Waals surface area contributed by atoms with Crippen LogP contribution in [0.3, 0.4) is 0 Å². The second-order valence-electron chi connectivity index (χ2n) is 6.57. The molecule has 1 amide bonds. The van der Waals surface area contributed by atoms with E-state index in [4.69, 9.17) is 0 Å². The van der Waals surface area contributed by atoms with Crippen LogP contribution in [0.4, 0.5) is 5.69 Å². The summed E-state index contributed by atoms with van der Waals surface area (Å²) in [5, 5.41) is 0. The fourth-order valence-electron chi connectivity index (χ4n) is 1.88. The Balaban J connectivity index is 2.49. The van der Waals surface area contributed by atoms with Gasteiger partial charge in [-0.1, -0.05) is 20.8 Å². The van der Waals surface area contributed by atoms with Crippen molar-refractivity contribution in [3.05, 3.63) is 40.1 Å². The molecule has 2 rings (SSSR count). The van der Waals surface area contributed by atoms with Crippen LogP contribution < -0.4 is 9.70 Å². The molecule has 0 fully saturated rings. The predicted molar refractivity (Wildman–Crippen MR) is 92.7 cm³/mol. The topological polar surface area (TPSA) is 37.6 Å². The molecule has 1 aromatic heterocycles. The van der Waals surface area contributed by atoms with Gasteiger partial charge in [0.05, 0.1) is 0 Å².